The molecule has 0 aliphatic rings. The zero-order valence-electron chi connectivity index (χ0n) is 12.5. The van der Waals surface area contributed by atoms with Crippen molar-refractivity contribution in [3.05, 3.63) is 58.5 Å². The summed E-state index contributed by atoms with van der Waals surface area (Å²) >= 11 is 1.56. The first-order valence-electron chi connectivity index (χ1n) is 7.11. The largest absolute Gasteiger partial charge is 0.240 e. The zero-order valence-corrected chi connectivity index (χ0v) is 14.1. The van der Waals surface area contributed by atoms with Crippen LogP contribution in [0.3, 0.4) is 0 Å². The van der Waals surface area contributed by atoms with Crippen LogP contribution in [-0.4, -0.2) is 23.4 Å². The molecule has 0 aliphatic carbocycles. The van der Waals surface area contributed by atoms with Crippen LogP contribution in [-0.2, 0) is 23.0 Å². The third kappa shape index (κ3) is 3.66. The highest BCUT2D eigenvalue weighted by Crippen LogP contribution is 2.13. The molecule has 3 rings (SSSR count). The molecule has 0 unspecified atom stereocenters. The van der Waals surface area contributed by atoms with E-state index in [1.807, 2.05) is 35.9 Å². The molecule has 0 spiro atoms. The summed E-state index contributed by atoms with van der Waals surface area (Å²) in [5.41, 5.74) is 2.57. The van der Waals surface area contributed by atoms with Gasteiger partial charge in [0, 0.05) is 5.38 Å². The average Bonchev–Trinajstić information content (AvgIpc) is 3.24. The first-order valence-corrected chi connectivity index (χ1v) is 9.53. The van der Waals surface area contributed by atoms with Crippen molar-refractivity contribution in [1.82, 2.24) is 19.7 Å². The fourth-order valence-electron chi connectivity index (χ4n) is 2.05. The molecular formula is C15H16N4O2S2. The van der Waals surface area contributed by atoms with Crippen LogP contribution >= 0.6 is 11.3 Å². The maximum Gasteiger partial charge on any atom is 0.240 e. The van der Waals surface area contributed by atoms with Crippen molar-refractivity contribution in [3.63, 3.8) is 0 Å². The molecular weight excluding hydrogens is 332 g/mol. The van der Waals surface area contributed by atoms with Crippen molar-refractivity contribution in [2.24, 2.45) is 0 Å². The van der Waals surface area contributed by atoms with Crippen LogP contribution in [0, 0.1) is 0 Å². The second-order valence-corrected chi connectivity index (χ2v) is 7.51. The normalized spacial score (nSPS) is 11.7. The number of rotatable bonds is 6. The predicted octanol–water partition coefficient (Wildman–Crippen LogP) is 2.37. The Bertz CT molecular complexity index is 869. The summed E-state index contributed by atoms with van der Waals surface area (Å²) in [7, 11) is -3.55. The van der Waals surface area contributed by atoms with E-state index < -0.39 is 10.0 Å². The molecule has 23 heavy (non-hydrogen) atoms. The van der Waals surface area contributed by atoms with Gasteiger partial charge in [-0.15, -0.1) is 5.10 Å². The van der Waals surface area contributed by atoms with Gasteiger partial charge in [-0.25, -0.2) is 17.8 Å². The summed E-state index contributed by atoms with van der Waals surface area (Å²) < 4.78 is 28.7. The molecule has 120 valence electrons. The molecule has 2 heterocycles. The molecule has 0 bridgehead atoms. The van der Waals surface area contributed by atoms with Gasteiger partial charge in [0.1, 0.15) is 0 Å². The molecule has 0 fully saturated rings. The summed E-state index contributed by atoms with van der Waals surface area (Å²) in [4.78, 5) is 0.250. The van der Waals surface area contributed by atoms with Gasteiger partial charge in [-0.1, -0.05) is 24.3 Å². The molecule has 0 aliphatic heterocycles. The van der Waals surface area contributed by atoms with E-state index in [1.165, 1.54) is 0 Å². The highest BCUT2D eigenvalue weighted by Gasteiger charge is 2.14. The zero-order chi connectivity index (χ0) is 16.3. The molecule has 0 amide bonds. The van der Waals surface area contributed by atoms with Gasteiger partial charge in [-0.05, 0) is 35.6 Å². The highest BCUT2D eigenvalue weighted by molar-refractivity contribution is 7.89. The fraction of sp³-hybridized carbons (Fsp3) is 0.200. The molecule has 0 saturated heterocycles. The number of nitrogens with zero attached hydrogens (tertiary/aromatic N) is 3. The highest BCUT2D eigenvalue weighted by atomic mass is 32.2. The third-order valence-electron chi connectivity index (χ3n) is 3.40. The van der Waals surface area contributed by atoms with Crippen molar-refractivity contribution in [3.8, 4) is 5.69 Å². The Morgan fingerprint density at radius 1 is 1.22 bits per heavy atom. The van der Waals surface area contributed by atoms with Gasteiger partial charge in [-0.3, -0.25) is 0 Å². The summed E-state index contributed by atoms with van der Waals surface area (Å²) in [5, 5.41) is 11.9. The van der Waals surface area contributed by atoms with Gasteiger partial charge in [0.15, 0.2) is 0 Å². The Morgan fingerprint density at radius 3 is 2.65 bits per heavy atom. The van der Waals surface area contributed by atoms with E-state index in [0.29, 0.717) is 5.69 Å². The second-order valence-electron chi connectivity index (χ2n) is 4.96. The van der Waals surface area contributed by atoms with Crippen LogP contribution in [0.1, 0.15) is 18.2 Å². The van der Waals surface area contributed by atoms with Crippen molar-refractivity contribution in [2.45, 2.75) is 24.8 Å². The van der Waals surface area contributed by atoms with E-state index in [9.17, 15) is 8.42 Å². The minimum atomic E-state index is -3.55. The van der Waals surface area contributed by atoms with Gasteiger partial charge in [0.25, 0.3) is 0 Å². The smallest absolute Gasteiger partial charge is 0.220 e. The minimum Gasteiger partial charge on any atom is -0.220 e. The van der Waals surface area contributed by atoms with Crippen LogP contribution < -0.4 is 4.72 Å². The Kier molecular flexibility index (Phi) is 4.56. The number of hydrogen-bond acceptors (Lipinski definition) is 5. The van der Waals surface area contributed by atoms with Gasteiger partial charge in [0.2, 0.25) is 10.0 Å². The first kappa shape index (κ1) is 15.9. The number of sulfonamides is 1. The summed E-state index contributed by atoms with van der Waals surface area (Å²) in [6.45, 7) is 2.13. The Hall–Kier alpha value is -2.03. The van der Waals surface area contributed by atoms with E-state index >= 15 is 0 Å². The number of hydrogen-bond donors (Lipinski definition) is 1. The molecule has 8 heteroatoms. The van der Waals surface area contributed by atoms with Crippen LogP contribution in [0.25, 0.3) is 5.69 Å². The lowest BCUT2D eigenvalue weighted by molar-refractivity contribution is 0.580. The maximum absolute atomic E-state index is 12.3. The summed E-state index contributed by atoms with van der Waals surface area (Å²) in [6.07, 6.45) is 2.59. The topological polar surface area (TPSA) is 76.9 Å². The Morgan fingerprint density at radius 2 is 2.00 bits per heavy atom. The van der Waals surface area contributed by atoms with E-state index in [1.54, 1.807) is 34.3 Å². The van der Waals surface area contributed by atoms with Crippen molar-refractivity contribution < 1.29 is 8.42 Å². The second kappa shape index (κ2) is 6.61. The van der Waals surface area contributed by atoms with Crippen LogP contribution in [0.15, 0.2) is 52.2 Å². The van der Waals surface area contributed by atoms with Crippen molar-refractivity contribution in [1.29, 1.82) is 0 Å². The lowest BCUT2D eigenvalue weighted by atomic mass is 10.2. The van der Waals surface area contributed by atoms with E-state index in [2.05, 4.69) is 15.0 Å². The minimum absolute atomic E-state index is 0.0992. The van der Waals surface area contributed by atoms with Crippen molar-refractivity contribution >= 4 is 21.4 Å². The number of aryl methyl sites for hydroxylation is 1. The van der Waals surface area contributed by atoms with Crippen LogP contribution in [0.2, 0.25) is 0 Å². The van der Waals surface area contributed by atoms with Crippen molar-refractivity contribution in [2.75, 3.05) is 0 Å². The third-order valence-corrected chi connectivity index (χ3v) is 5.48. The molecule has 6 nitrogen and oxygen atoms in total. The van der Waals surface area contributed by atoms with E-state index in [-0.39, 0.29) is 11.4 Å². The molecule has 3 aromatic rings. The predicted molar refractivity (Wildman–Crippen MR) is 89.1 cm³/mol. The monoisotopic (exact) mass is 348 g/mol. The molecule has 0 radical (unpaired) electrons. The van der Waals surface area contributed by atoms with Gasteiger partial charge in [0.05, 0.1) is 29.0 Å². The number of aromatic nitrogens is 3. The van der Waals surface area contributed by atoms with E-state index in [0.717, 1.165) is 17.7 Å². The lowest BCUT2D eigenvalue weighted by Crippen LogP contribution is -2.23. The van der Waals surface area contributed by atoms with Crippen LogP contribution in [0.5, 0.6) is 0 Å². The quantitative estimate of drug-likeness (QED) is 0.742. The molecule has 2 aromatic heterocycles. The summed E-state index contributed by atoms with van der Waals surface area (Å²) in [5.74, 6) is 0. The van der Waals surface area contributed by atoms with Gasteiger partial charge < -0.3 is 0 Å². The molecule has 0 atom stereocenters. The summed E-state index contributed by atoms with van der Waals surface area (Å²) in [6, 6.07) is 8.79. The molecule has 1 aromatic carbocycles. The standard InChI is InChI=1S/C15H16N4O2S2/c1-2-12-3-5-15(6-4-12)23(20,21)16-9-13-10-19(18-17-13)14-7-8-22-11-14/h3-8,10-11,16H,2,9H2,1H3. The average molecular weight is 348 g/mol. The first-order chi connectivity index (χ1) is 11.1. The number of thiophene rings is 1. The van der Waals surface area contributed by atoms with Gasteiger partial charge >= 0.3 is 0 Å². The Balaban J connectivity index is 1.69. The molecule has 1 N–H and O–H groups in total. The van der Waals surface area contributed by atoms with Gasteiger partial charge in [-0.2, -0.15) is 11.3 Å². The van der Waals surface area contributed by atoms with E-state index in [4.69, 9.17) is 0 Å². The molecule has 0 saturated carbocycles. The lowest BCUT2D eigenvalue weighted by Gasteiger charge is -2.05. The maximum atomic E-state index is 12.3. The Labute approximate surface area is 138 Å². The number of nitrogens with one attached hydrogen (secondary N) is 1. The van der Waals surface area contributed by atoms with Crippen LogP contribution in [0.4, 0.5) is 0 Å². The fourth-order valence-corrected chi connectivity index (χ4v) is 3.67. The number of benzene rings is 1. The SMILES string of the molecule is CCc1ccc(S(=O)(=O)NCc2cn(-c3ccsc3)nn2)cc1.